The molecule has 1 heterocycles. The van der Waals surface area contributed by atoms with E-state index in [1.54, 1.807) is 5.32 Å². The average Bonchev–Trinajstić information content (AvgIpc) is 2.72. The van der Waals surface area contributed by atoms with Crippen LogP contribution < -0.4 is 14.8 Å². The summed E-state index contributed by atoms with van der Waals surface area (Å²) < 4.78 is 135. The Morgan fingerprint density at radius 3 is 2.08 bits per heavy atom. The van der Waals surface area contributed by atoms with Crippen molar-refractivity contribution < 1.29 is 58.2 Å². The summed E-state index contributed by atoms with van der Waals surface area (Å²) in [6.07, 6.45) is -17.9. The topological polar surface area (TPSA) is 65.3 Å². The molecule has 0 unspecified atom stereocenters. The Morgan fingerprint density at radius 1 is 0.917 bits per heavy atom. The molecule has 0 aliphatic carbocycles. The molecule has 1 amide bonds. The highest BCUT2D eigenvalue weighted by molar-refractivity contribution is 6.34. The minimum atomic E-state index is -6.66. The van der Waals surface area contributed by atoms with Gasteiger partial charge in [-0.2, -0.15) is 31.1 Å². The fourth-order valence-corrected chi connectivity index (χ4v) is 3.36. The van der Waals surface area contributed by atoms with Crippen LogP contribution in [0.3, 0.4) is 0 Å². The molecule has 2 aromatic carbocycles. The predicted octanol–water partition coefficient (Wildman–Crippen LogP) is 6.57. The second-order valence-electron chi connectivity index (χ2n) is 7.09. The van der Waals surface area contributed by atoms with Crippen LogP contribution in [0.1, 0.15) is 15.9 Å². The van der Waals surface area contributed by atoms with Gasteiger partial charge in [0, 0.05) is 28.6 Å². The van der Waals surface area contributed by atoms with Crippen molar-refractivity contribution in [3.63, 3.8) is 0 Å². The van der Waals surface area contributed by atoms with Crippen molar-refractivity contribution in [2.45, 2.75) is 24.4 Å². The third kappa shape index (κ3) is 5.05. The van der Waals surface area contributed by atoms with Crippen LogP contribution in [0.15, 0.2) is 48.7 Å². The molecule has 0 bridgehead atoms. The highest BCUT2D eigenvalue weighted by Crippen LogP contribution is 2.55. The van der Waals surface area contributed by atoms with Crippen molar-refractivity contribution in [2.75, 3.05) is 5.32 Å². The first-order valence-electron chi connectivity index (χ1n) is 9.20. The molecule has 5 nitrogen and oxygen atoms in total. The number of halogens is 11. The smallest absolute Gasteiger partial charge is 0.573 e. The number of alkyl halides is 10. The van der Waals surface area contributed by atoms with Crippen molar-refractivity contribution in [3.05, 3.63) is 70.0 Å². The van der Waals surface area contributed by atoms with Gasteiger partial charge in [0.05, 0.1) is 5.02 Å². The predicted molar refractivity (Wildman–Crippen MR) is 104 cm³/mol. The van der Waals surface area contributed by atoms with E-state index >= 15 is 0 Å². The molecule has 0 aliphatic heterocycles. The molecule has 0 saturated carbocycles. The molecule has 0 aliphatic rings. The van der Waals surface area contributed by atoms with Gasteiger partial charge in [0.15, 0.2) is 11.9 Å². The van der Waals surface area contributed by atoms with E-state index in [2.05, 4.69) is 4.74 Å². The number of rotatable bonds is 4. The molecular weight excluding hydrogens is 542 g/mol. The fourth-order valence-electron chi connectivity index (χ4n) is 3.10. The number of amides is 1. The van der Waals surface area contributed by atoms with Gasteiger partial charge in [0.2, 0.25) is 5.52 Å². The Hall–Kier alpha value is -3.49. The Kier molecular flexibility index (Phi) is 6.68. The van der Waals surface area contributed by atoms with Crippen LogP contribution in [-0.4, -0.2) is 24.6 Å². The maximum absolute atomic E-state index is 14.4. The molecule has 0 spiro atoms. The molecule has 0 saturated heterocycles. The average molecular weight is 551 g/mol. The Labute approximate surface area is 198 Å². The summed E-state index contributed by atoms with van der Waals surface area (Å²) >= 11 is 5.60. The molecule has 36 heavy (non-hydrogen) atoms. The van der Waals surface area contributed by atoms with Gasteiger partial charge in [-0.05, 0) is 30.3 Å². The Balaban J connectivity index is 2.14. The fraction of sp³-hybridized carbons (Fsp3) is 0.200. The quantitative estimate of drug-likeness (QED) is 0.227. The van der Waals surface area contributed by atoms with Crippen LogP contribution >= 0.6 is 11.6 Å². The van der Waals surface area contributed by atoms with E-state index in [4.69, 9.17) is 11.6 Å². The number of benzene rings is 2. The lowest BCUT2D eigenvalue weighted by atomic mass is 9.93. The van der Waals surface area contributed by atoms with E-state index in [-0.39, 0.29) is 17.1 Å². The van der Waals surface area contributed by atoms with Gasteiger partial charge in [0.25, 0.3) is 5.91 Å². The number of nitrogens with zero attached hydrogens (tertiary/aromatic N) is 1. The molecule has 1 N–H and O–H groups in total. The molecule has 3 aromatic rings. The van der Waals surface area contributed by atoms with Crippen LogP contribution in [0.25, 0.3) is 10.9 Å². The molecule has 194 valence electrons. The minimum absolute atomic E-state index is 0.0593. The first-order chi connectivity index (χ1) is 16.3. The van der Waals surface area contributed by atoms with Crippen molar-refractivity contribution in [1.29, 1.82) is 0 Å². The zero-order valence-electron chi connectivity index (χ0n) is 16.9. The summed E-state index contributed by atoms with van der Waals surface area (Å²) in [6, 6.07) is 5.49. The number of fused-ring (bicyclic) bond motifs is 1. The van der Waals surface area contributed by atoms with E-state index < -0.39 is 58.4 Å². The molecule has 3 rings (SSSR count). The van der Waals surface area contributed by atoms with E-state index in [1.165, 1.54) is 18.2 Å². The molecule has 1 aromatic heterocycles. The maximum atomic E-state index is 14.4. The van der Waals surface area contributed by atoms with Crippen molar-refractivity contribution in [3.8, 4) is 5.75 Å². The summed E-state index contributed by atoms with van der Waals surface area (Å²) in [5.74, 6) is -3.13. The number of carbonyl (C=O) groups is 1. The summed E-state index contributed by atoms with van der Waals surface area (Å²) in [5, 5.41) is 12.7. The largest absolute Gasteiger partial charge is 0.618 e. The highest BCUT2D eigenvalue weighted by Gasteiger charge is 2.73. The lowest BCUT2D eigenvalue weighted by Crippen LogP contribution is -2.50. The van der Waals surface area contributed by atoms with Crippen molar-refractivity contribution >= 4 is 34.1 Å². The standard InChI is InChI=1S/C20H9ClF10N2O3/c21-12-7-11(17(22,18(23,24)25)19(26,27)28)8-14(36-20(29,30)31)15(12)32-16(34)10-4-3-9-2-1-5-33(35)13(9)6-10/h1-8H,(H,32,34). The summed E-state index contributed by atoms with van der Waals surface area (Å²) in [7, 11) is 0. The van der Waals surface area contributed by atoms with Gasteiger partial charge < -0.3 is 15.3 Å². The summed E-state index contributed by atoms with van der Waals surface area (Å²) in [6.45, 7) is 0. The Bertz CT molecular complexity index is 1310. The number of nitrogens with one attached hydrogen (secondary N) is 1. The van der Waals surface area contributed by atoms with Gasteiger partial charge in [-0.3, -0.25) is 4.79 Å². The first-order valence-corrected chi connectivity index (χ1v) is 9.58. The zero-order chi connectivity index (χ0) is 27.3. The van der Waals surface area contributed by atoms with Crippen molar-refractivity contribution in [2.24, 2.45) is 0 Å². The van der Waals surface area contributed by atoms with E-state index in [9.17, 15) is 53.9 Å². The van der Waals surface area contributed by atoms with Gasteiger partial charge in [-0.25, -0.2) is 4.39 Å². The lowest BCUT2D eigenvalue weighted by molar-refractivity contribution is -0.577. The molecule has 0 atom stereocenters. The number of ether oxygens (including phenoxy) is 1. The van der Waals surface area contributed by atoms with Crippen LogP contribution in [0.2, 0.25) is 5.02 Å². The van der Waals surface area contributed by atoms with Crippen LogP contribution in [-0.2, 0) is 5.67 Å². The van der Waals surface area contributed by atoms with Crippen LogP contribution in [0.4, 0.5) is 49.6 Å². The van der Waals surface area contributed by atoms with Gasteiger partial charge in [-0.1, -0.05) is 11.6 Å². The monoisotopic (exact) mass is 550 g/mol. The highest BCUT2D eigenvalue weighted by atomic mass is 35.5. The molecular formula is C20H9ClF10N2O3. The normalized spacial score (nSPS) is 13.1. The number of hydrogen-bond acceptors (Lipinski definition) is 3. The van der Waals surface area contributed by atoms with Crippen LogP contribution in [0.5, 0.6) is 5.75 Å². The SMILES string of the molecule is O=C(Nc1c(Cl)cc(C(F)(C(F)(F)F)C(F)(F)F)cc1OC(F)(F)F)c1ccc2ccc[n+]([O-])c2c1. The maximum Gasteiger partial charge on any atom is 0.573 e. The third-order valence-corrected chi connectivity index (χ3v) is 5.02. The van der Waals surface area contributed by atoms with Gasteiger partial charge in [-0.15, -0.1) is 13.2 Å². The first kappa shape index (κ1) is 27.1. The van der Waals surface area contributed by atoms with Crippen LogP contribution in [0, 0.1) is 5.21 Å². The number of hydrogen-bond donors (Lipinski definition) is 1. The molecule has 16 heteroatoms. The number of pyridine rings is 1. The van der Waals surface area contributed by atoms with E-state index in [0.29, 0.717) is 10.1 Å². The van der Waals surface area contributed by atoms with Gasteiger partial charge >= 0.3 is 24.4 Å². The number of anilines is 1. The third-order valence-electron chi connectivity index (χ3n) is 4.72. The second-order valence-corrected chi connectivity index (χ2v) is 7.50. The summed E-state index contributed by atoms with van der Waals surface area (Å²) in [5.41, 5.74) is -10.1. The number of aromatic nitrogens is 1. The lowest BCUT2D eigenvalue weighted by Gasteiger charge is -2.31. The van der Waals surface area contributed by atoms with E-state index in [0.717, 1.165) is 18.3 Å². The minimum Gasteiger partial charge on any atom is -0.618 e. The number of carbonyl (C=O) groups excluding carboxylic acids is 1. The summed E-state index contributed by atoms with van der Waals surface area (Å²) in [4.78, 5) is 12.6. The molecule has 0 radical (unpaired) electrons. The molecule has 0 fully saturated rings. The van der Waals surface area contributed by atoms with Gasteiger partial charge in [0.1, 0.15) is 5.69 Å². The Morgan fingerprint density at radius 2 is 1.53 bits per heavy atom. The zero-order valence-corrected chi connectivity index (χ0v) is 17.7. The van der Waals surface area contributed by atoms with E-state index in [1.807, 2.05) is 0 Å². The van der Waals surface area contributed by atoms with Crippen molar-refractivity contribution in [1.82, 2.24) is 0 Å². The second kappa shape index (κ2) is 8.87.